The second-order valence-corrected chi connectivity index (χ2v) is 8.52. The van der Waals surface area contributed by atoms with Gasteiger partial charge in [-0.2, -0.15) is 0 Å². The molecule has 0 fully saturated rings. The number of methoxy groups -OCH3 is 1. The van der Waals surface area contributed by atoms with Crippen molar-refractivity contribution < 1.29 is 23.9 Å². The molecular weight excluding hydrogens is 418 g/mol. The molecule has 1 amide bonds. The Bertz CT molecular complexity index is 814. The van der Waals surface area contributed by atoms with Gasteiger partial charge in [-0.05, 0) is 12.8 Å². The number of hydrogen-bond donors (Lipinski definition) is 1. The Kier molecular flexibility index (Phi) is 12.5. The Morgan fingerprint density at radius 1 is 0.788 bits per heavy atom. The Morgan fingerprint density at radius 3 is 1.94 bits per heavy atom. The number of unbranched alkanes of at least 4 members (excludes halogenated alkanes) is 9. The normalized spacial score (nSPS) is 13.3. The Hall–Kier alpha value is -2.47. The number of Topliss-reactive ketones (excluding diaryl/α,β-unsaturated/α-hetero) is 2. The lowest BCUT2D eigenvalue weighted by atomic mass is 9.87. The lowest BCUT2D eigenvalue weighted by Gasteiger charge is -2.19. The van der Waals surface area contributed by atoms with Crippen LogP contribution in [-0.2, 0) is 14.3 Å². The van der Waals surface area contributed by atoms with Crippen molar-refractivity contribution in [2.75, 3.05) is 26.9 Å². The maximum atomic E-state index is 12.8. The highest BCUT2D eigenvalue weighted by atomic mass is 16.5. The SMILES string of the molecule is CCCCCCCCCCCCOCCCNC(=O)C1=C(OC)C(=O)c2ccccc2C1=O. The molecule has 182 valence electrons. The zero-order valence-corrected chi connectivity index (χ0v) is 20.3. The number of hydrogen-bond acceptors (Lipinski definition) is 5. The fourth-order valence-electron chi connectivity index (χ4n) is 4.01. The van der Waals surface area contributed by atoms with Gasteiger partial charge in [-0.15, -0.1) is 0 Å². The van der Waals surface area contributed by atoms with Gasteiger partial charge in [0, 0.05) is 30.9 Å². The summed E-state index contributed by atoms with van der Waals surface area (Å²) in [5, 5.41) is 2.71. The molecule has 1 N–H and O–H groups in total. The molecule has 0 aliphatic heterocycles. The van der Waals surface area contributed by atoms with Gasteiger partial charge in [0.05, 0.1) is 7.11 Å². The van der Waals surface area contributed by atoms with Gasteiger partial charge in [-0.3, -0.25) is 14.4 Å². The number of carbonyl (C=O) groups excluding carboxylic acids is 3. The van der Waals surface area contributed by atoms with Gasteiger partial charge in [0.25, 0.3) is 5.91 Å². The molecule has 0 heterocycles. The summed E-state index contributed by atoms with van der Waals surface area (Å²) in [5.74, 6) is -1.72. The number of nitrogens with one attached hydrogen (secondary N) is 1. The van der Waals surface area contributed by atoms with Crippen molar-refractivity contribution in [3.8, 4) is 0 Å². The second kappa shape index (κ2) is 15.4. The van der Waals surface area contributed by atoms with Crippen molar-refractivity contribution in [3.63, 3.8) is 0 Å². The van der Waals surface area contributed by atoms with Crippen LogP contribution >= 0.6 is 0 Å². The van der Waals surface area contributed by atoms with Crippen LogP contribution in [-0.4, -0.2) is 44.3 Å². The average molecular weight is 458 g/mol. The van der Waals surface area contributed by atoms with E-state index in [1.807, 2.05) is 0 Å². The van der Waals surface area contributed by atoms with E-state index in [0.29, 0.717) is 19.6 Å². The summed E-state index contributed by atoms with van der Waals surface area (Å²) in [5.41, 5.74) is 0.261. The van der Waals surface area contributed by atoms with Crippen molar-refractivity contribution in [1.29, 1.82) is 0 Å². The highest BCUT2D eigenvalue weighted by Gasteiger charge is 2.36. The molecule has 1 aromatic carbocycles. The van der Waals surface area contributed by atoms with Crippen molar-refractivity contribution in [2.24, 2.45) is 0 Å². The number of ether oxygens (including phenoxy) is 2. The van der Waals surface area contributed by atoms with Gasteiger partial charge in [-0.25, -0.2) is 0 Å². The molecule has 2 rings (SSSR count). The van der Waals surface area contributed by atoms with E-state index in [0.717, 1.165) is 13.0 Å². The predicted octanol–water partition coefficient (Wildman–Crippen LogP) is 5.41. The van der Waals surface area contributed by atoms with Crippen LogP contribution in [0.2, 0.25) is 0 Å². The standard InChI is InChI=1S/C27H39NO5/c1-3-4-5-6-7-8-9-10-11-14-19-33-20-15-18-28-27(31)23-24(29)21-16-12-13-17-22(21)25(30)26(23)32-2/h12-13,16-17H,3-11,14-15,18-20H2,1-2H3,(H,28,31). The maximum Gasteiger partial charge on any atom is 0.259 e. The van der Waals surface area contributed by atoms with Crippen molar-refractivity contribution in [1.82, 2.24) is 5.32 Å². The minimum atomic E-state index is -0.589. The van der Waals surface area contributed by atoms with E-state index in [9.17, 15) is 14.4 Å². The number of fused-ring (bicyclic) bond motifs is 1. The molecule has 0 bridgehead atoms. The van der Waals surface area contributed by atoms with Crippen LogP contribution in [0.1, 0.15) is 98.3 Å². The van der Waals surface area contributed by atoms with Gasteiger partial charge in [0.2, 0.25) is 11.6 Å². The number of ketones is 2. The summed E-state index contributed by atoms with van der Waals surface area (Å²) in [4.78, 5) is 37.9. The molecule has 0 spiro atoms. The highest BCUT2D eigenvalue weighted by molar-refractivity contribution is 6.35. The molecule has 1 aliphatic carbocycles. The summed E-state index contributed by atoms with van der Waals surface area (Å²) >= 11 is 0. The zero-order chi connectivity index (χ0) is 23.9. The van der Waals surface area contributed by atoms with Crippen molar-refractivity contribution in [3.05, 3.63) is 46.7 Å². The predicted molar refractivity (Wildman–Crippen MR) is 129 cm³/mol. The van der Waals surface area contributed by atoms with Crippen LogP contribution in [0.25, 0.3) is 0 Å². The van der Waals surface area contributed by atoms with Crippen LogP contribution in [0.5, 0.6) is 0 Å². The monoisotopic (exact) mass is 457 g/mol. The lowest BCUT2D eigenvalue weighted by Crippen LogP contribution is -2.35. The number of carbonyl (C=O) groups is 3. The van der Waals surface area contributed by atoms with Gasteiger partial charge in [0.1, 0.15) is 5.57 Å². The zero-order valence-electron chi connectivity index (χ0n) is 20.3. The van der Waals surface area contributed by atoms with Crippen LogP contribution in [0, 0.1) is 0 Å². The molecule has 6 heteroatoms. The number of benzene rings is 1. The van der Waals surface area contributed by atoms with Crippen LogP contribution in [0.3, 0.4) is 0 Å². The van der Waals surface area contributed by atoms with Gasteiger partial charge in [-0.1, -0.05) is 89.0 Å². The minimum Gasteiger partial charge on any atom is -0.492 e. The van der Waals surface area contributed by atoms with E-state index in [4.69, 9.17) is 9.47 Å². The maximum absolute atomic E-state index is 12.8. The smallest absolute Gasteiger partial charge is 0.259 e. The molecular formula is C27H39NO5. The first kappa shape index (κ1) is 26.8. The number of amides is 1. The van der Waals surface area contributed by atoms with E-state index in [1.54, 1.807) is 24.3 Å². The third kappa shape index (κ3) is 8.43. The number of allylic oxidation sites excluding steroid dienone is 1. The summed E-state index contributed by atoms with van der Waals surface area (Å²) < 4.78 is 10.8. The largest absolute Gasteiger partial charge is 0.492 e. The van der Waals surface area contributed by atoms with Gasteiger partial charge < -0.3 is 14.8 Å². The molecule has 0 unspecified atom stereocenters. The molecule has 0 aromatic heterocycles. The van der Waals surface area contributed by atoms with Gasteiger partial charge >= 0.3 is 0 Å². The minimum absolute atomic E-state index is 0.201. The van der Waals surface area contributed by atoms with Crippen molar-refractivity contribution >= 4 is 17.5 Å². The Balaban J connectivity index is 1.58. The van der Waals surface area contributed by atoms with E-state index >= 15 is 0 Å². The molecule has 0 radical (unpaired) electrons. The Labute approximate surface area is 198 Å². The van der Waals surface area contributed by atoms with E-state index in [1.165, 1.54) is 64.9 Å². The average Bonchev–Trinajstić information content (AvgIpc) is 2.83. The number of rotatable bonds is 17. The lowest BCUT2D eigenvalue weighted by molar-refractivity contribution is -0.117. The molecule has 0 atom stereocenters. The summed E-state index contributed by atoms with van der Waals surface area (Å²) in [6.45, 7) is 3.88. The Morgan fingerprint density at radius 2 is 1.33 bits per heavy atom. The first-order valence-electron chi connectivity index (χ1n) is 12.4. The van der Waals surface area contributed by atoms with Crippen LogP contribution in [0.15, 0.2) is 35.6 Å². The summed E-state index contributed by atoms with van der Waals surface area (Å²) in [7, 11) is 1.29. The second-order valence-electron chi connectivity index (χ2n) is 8.52. The van der Waals surface area contributed by atoms with E-state index in [2.05, 4.69) is 12.2 Å². The molecule has 1 aromatic rings. The molecule has 6 nitrogen and oxygen atoms in total. The topological polar surface area (TPSA) is 81.7 Å². The fourth-order valence-corrected chi connectivity index (χ4v) is 4.01. The molecule has 33 heavy (non-hydrogen) atoms. The van der Waals surface area contributed by atoms with Crippen molar-refractivity contribution in [2.45, 2.75) is 77.6 Å². The quantitative estimate of drug-likeness (QED) is 0.250. The molecule has 0 saturated carbocycles. The third-order valence-corrected chi connectivity index (χ3v) is 5.90. The first-order chi connectivity index (χ1) is 16.1. The van der Waals surface area contributed by atoms with E-state index in [-0.39, 0.29) is 22.5 Å². The van der Waals surface area contributed by atoms with Crippen LogP contribution in [0.4, 0.5) is 0 Å². The van der Waals surface area contributed by atoms with E-state index < -0.39 is 17.5 Å². The molecule has 1 aliphatic rings. The van der Waals surface area contributed by atoms with Crippen LogP contribution < -0.4 is 5.32 Å². The first-order valence-corrected chi connectivity index (χ1v) is 12.4. The summed E-state index contributed by atoms with van der Waals surface area (Å²) in [6.07, 6.45) is 13.6. The van der Waals surface area contributed by atoms with Gasteiger partial charge in [0.15, 0.2) is 5.76 Å². The third-order valence-electron chi connectivity index (χ3n) is 5.90. The molecule has 0 saturated heterocycles. The fraction of sp³-hybridized carbons (Fsp3) is 0.593. The highest BCUT2D eigenvalue weighted by Crippen LogP contribution is 2.26. The summed E-state index contributed by atoms with van der Waals surface area (Å²) in [6, 6.07) is 6.47.